The van der Waals surface area contributed by atoms with E-state index in [1.807, 2.05) is 6.07 Å². The van der Waals surface area contributed by atoms with Gasteiger partial charge in [-0.25, -0.2) is 0 Å². The molecule has 1 heterocycles. The van der Waals surface area contributed by atoms with Crippen molar-refractivity contribution in [2.24, 2.45) is 17.3 Å². The largest absolute Gasteiger partial charge is 0.543 e. The lowest BCUT2D eigenvalue weighted by Gasteiger charge is -2.48. The van der Waals surface area contributed by atoms with Crippen LogP contribution >= 0.6 is 0 Å². The molecule has 3 aliphatic rings. The molecule has 35 heavy (non-hydrogen) atoms. The van der Waals surface area contributed by atoms with Gasteiger partial charge in [0.2, 0.25) is 8.32 Å². The van der Waals surface area contributed by atoms with E-state index in [1.54, 1.807) is 18.5 Å². The number of benzene rings is 1. The molecule has 0 bridgehead atoms. The number of aliphatic hydroxyl groups is 1. The van der Waals surface area contributed by atoms with Crippen molar-refractivity contribution in [3.63, 3.8) is 0 Å². The number of ketones is 1. The van der Waals surface area contributed by atoms with Crippen molar-refractivity contribution < 1.29 is 14.3 Å². The van der Waals surface area contributed by atoms with E-state index in [0.717, 1.165) is 31.4 Å². The molecular formula is C30H39NO3Si. The fourth-order valence-corrected chi connectivity index (χ4v) is 7.61. The van der Waals surface area contributed by atoms with Crippen LogP contribution in [0.3, 0.4) is 0 Å². The molecule has 2 saturated carbocycles. The zero-order valence-corrected chi connectivity index (χ0v) is 23.0. The van der Waals surface area contributed by atoms with Crippen LogP contribution in [0.25, 0.3) is 5.76 Å². The zero-order valence-electron chi connectivity index (χ0n) is 22.0. The molecule has 5 heteroatoms. The van der Waals surface area contributed by atoms with Gasteiger partial charge in [-0.05, 0) is 103 Å². The average molecular weight is 490 g/mol. The van der Waals surface area contributed by atoms with Gasteiger partial charge in [0.05, 0.1) is 0 Å². The van der Waals surface area contributed by atoms with Gasteiger partial charge in [-0.15, -0.1) is 0 Å². The van der Waals surface area contributed by atoms with E-state index in [9.17, 15) is 9.90 Å². The lowest BCUT2D eigenvalue weighted by atomic mass is 9.55. The van der Waals surface area contributed by atoms with Crippen molar-refractivity contribution in [3.05, 3.63) is 65.0 Å². The van der Waals surface area contributed by atoms with Crippen molar-refractivity contribution in [2.45, 2.75) is 83.8 Å². The summed E-state index contributed by atoms with van der Waals surface area (Å²) < 4.78 is 6.61. The maximum Gasteiger partial charge on any atom is 0.250 e. The van der Waals surface area contributed by atoms with E-state index in [4.69, 9.17) is 4.43 Å². The topological polar surface area (TPSA) is 59.4 Å². The number of aliphatic hydroxyl groups excluding tert-OH is 1. The minimum Gasteiger partial charge on any atom is -0.543 e. The van der Waals surface area contributed by atoms with Gasteiger partial charge in [-0.1, -0.05) is 33.8 Å². The van der Waals surface area contributed by atoms with Crippen LogP contribution in [0.5, 0.6) is 5.75 Å². The number of pyridine rings is 1. The molecule has 0 unspecified atom stereocenters. The molecule has 1 aromatic carbocycles. The molecule has 0 aliphatic heterocycles. The van der Waals surface area contributed by atoms with Crippen LogP contribution in [0, 0.1) is 17.3 Å². The van der Waals surface area contributed by atoms with Crippen LogP contribution in [0.4, 0.5) is 0 Å². The summed E-state index contributed by atoms with van der Waals surface area (Å²) in [7, 11) is -1.88. The van der Waals surface area contributed by atoms with Crippen molar-refractivity contribution in [3.8, 4) is 5.75 Å². The fraction of sp³-hybridized carbons (Fsp3) is 0.533. The highest BCUT2D eigenvalue weighted by molar-refractivity contribution is 6.74. The summed E-state index contributed by atoms with van der Waals surface area (Å²) in [4.78, 5) is 17.7. The second kappa shape index (κ2) is 8.33. The molecule has 0 radical (unpaired) electrons. The minimum atomic E-state index is -1.88. The number of nitrogens with zero attached hydrogens (tertiary/aromatic N) is 1. The van der Waals surface area contributed by atoms with Gasteiger partial charge >= 0.3 is 0 Å². The lowest BCUT2D eigenvalue weighted by molar-refractivity contribution is -0.127. The van der Waals surface area contributed by atoms with Gasteiger partial charge in [-0.3, -0.25) is 9.78 Å². The van der Waals surface area contributed by atoms with Crippen LogP contribution in [0.15, 0.2) is 48.3 Å². The third kappa shape index (κ3) is 3.96. The SMILES string of the molecule is CC(C)(C)[Si](C)(C)Oc1ccc2c(c1)CC[C@@H]1[C@@H]2CC[C@]2(C)C(=O)/C(=C(\O)c3cccnc3)C[C@@H]12. The molecule has 0 saturated heterocycles. The van der Waals surface area contributed by atoms with Crippen molar-refractivity contribution in [1.82, 2.24) is 4.98 Å². The summed E-state index contributed by atoms with van der Waals surface area (Å²) in [6, 6.07) is 10.4. The van der Waals surface area contributed by atoms with Crippen LogP contribution in [-0.4, -0.2) is 24.2 Å². The maximum atomic E-state index is 13.6. The molecule has 1 aromatic heterocycles. The Labute approximate surface area is 211 Å². The maximum absolute atomic E-state index is 13.6. The van der Waals surface area contributed by atoms with E-state index in [1.165, 1.54) is 11.1 Å². The number of Topliss-reactive ketones (excluding diaryl/α,β-unsaturated/α-hetero) is 1. The van der Waals surface area contributed by atoms with Crippen molar-refractivity contribution in [2.75, 3.05) is 0 Å². The van der Waals surface area contributed by atoms with Crippen molar-refractivity contribution in [1.29, 1.82) is 0 Å². The standard InChI is InChI=1S/C30H39NO3Si/c1-29(2,3)35(5,6)34-21-10-12-22-19(16-21)9-11-24-23(22)13-14-30(4)26(24)17-25(28(30)33)27(32)20-8-7-15-31-18-20/h7-8,10,12,15-16,18,23-24,26,32H,9,11,13-14,17H2,1-6H3/b27-25-/t23-,24-,26+,30+/m1/s1. The number of aromatic nitrogens is 1. The minimum absolute atomic E-state index is 0.124. The molecule has 0 spiro atoms. The van der Waals surface area contributed by atoms with Gasteiger partial charge in [0.15, 0.2) is 5.78 Å². The number of carbonyl (C=O) groups excluding carboxylic acids is 1. The van der Waals surface area contributed by atoms with Gasteiger partial charge in [0.1, 0.15) is 11.5 Å². The molecule has 0 amide bonds. The Morgan fingerprint density at radius 3 is 2.66 bits per heavy atom. The summed E-state index contributed by atoms with van der Waals surface area (Å²) >= 11 is 0. The van der Waals surface area contributed by atoms with Crippen molar-refractivity contribution >= 4 is 19.9 Å². The number of rotatable bonds is 3. The predicted molar refractivity (Wildman–Crippen MR) is 143 cm³/mol. The van der Waals surface area contributed by atoms with Crippen LogP contribution in [0.2, 0.25) is 18.1 Å². The van der Waals surface area contributed by atoms with E-state index >= 15 is 0 Å². The summed E-state index contributed by atoms with van der Waals surface area (Å²) in [5.74, 6) is 2.50. The van der Waals surface area contributed by atoms with Crippen LogP contribution < -0.4 is 4.43 Å². The van der Waals surface area contributed by atoms with Crippen LogP contribution in [-0.2, 0) is 11.2 Å². The molecule has 5 rings (SSSR count). The highest BCUT2D eigenvalue weighted by Crippen LogP contribution is 2.61. The molecule has 3 aliphatic carbocycles. The van der Waals surface area contributed by atoms with Crippen LogP contribution in [0.1, 0.15) is 76.0 Å². The number of hydrogen-bond donors (Lipinski definition) is 1. The second-order valence-corrected chi connectivity index (χ2v) is 17.4. The number of fused-ring (bicyclic) bond motifs is 5. The lowest BCUT2D eigenvalue weighted by Crippen LogP contribution is -2.44. The number of allylic oxidation sites excluding steroid dienone is 1. The third-order valence-corrected chi connectivity index (χ3v) is 14.1. The van der Waals surface area contributed by atoms with Gasteiger partial charge < -0.3 is 9.53 Å². The molecular weight excluding hydrogens is 450 g/mol. The van der Waals surface area contributed by atoms with E-state index in [2.05, 4.69) is 64.0 Å². The molecule has 4 nitrogen and oxygen atoms in total. The van der Waals surface area contributed by atoms with E-state index < -0.39 is 8.32 Å². The number of hydrogen-bond acceptors (Lipinski definition) is 4. The van der Waals surface area contributed by atoms with Gasteiger partial charge in [0.25, 0.3) is 0 Å². The Morgan fingerprint density at radius 1 is 1.20 bits per heavy atom. The molecule has 2 fully saturated rings. The smallest absolute Gasteiger partial charge is 0.250 e. The first-order chi connectivity index (χ1) is 16.4. The summed E-state index contributed by atoms with van der Waals surface area (Å²) in [5.41, 5.74) is 3.74. The summed E-state index contributed by atoms with van der Waals surface area (Å²) in [6.45, 7) is 13.6. The number of aryl methyl sites for hydroxylation is 1. The first kappa shape index (κ1) is 24.3. The Morgan fingerprint density at radius 2 is 1.97 bits per heavy atom. The molecule has 4 atom stereocenters. The summed E-state index contributed by atoms with van der Waals surface area (Å²) in [6.07, 6.45) is 8.02. The normalized spacial score (nSPS) is 29.8. The quantitative estimate of drug-likeness (QED) is 0.276. The fourth-order valence-electron chi connectivity index (χ4n) is 6.59. The molecule has 186 valence electrons. The second-order valence-electron chi connectivity index (χ2n) is 12.7. The van der Waals surface area contributed by atoms with Gasteiger partial charge in [-0.2, -0.15) is 0 Å². The Balaban J connectivity index is 1.43. The molecule has 1 N–H and O–H groups in total. The summed E-state index contributed by atoms with van der Waals surface area (Å²) in [5, 5.41) is 11.2. The zero-order chi connectivity index (χ0) is 25.2. The predicted octanol–water partition coefficient (Wildman–Crippen LogP) is 7.47. The van der Waals surface area contributed by atoms with E-state index in [-0.39, 0.29) is 27.9 Å². The Hall–Kier alpha value is -2.40. The third-order valence-electron chi connectivity index (χ3n) is 9.70. The van der Waals surface area contributed by atoms with E-state index in [0.29, 0.717) is 29.4 Å². The monoisotopic (exact) mass is 489 g/mol. The first-order valence-electron chi connectivity index (χ1n) is 13.1. The first-order valence-corrected chi connectivity index (χ1v) is 16.0. The average Bonchev–Trinajstić information content (AvgIpc) is 3.08. The molecule has 2 aromatic rings. The van der Waals surface area contributed by atoms with Gasteiger partial charge in [0, 0.05) is 28.9 Å². The highest BCUT2D eigenvalue weighted by Gasteiger charge is 2.57. The highest BCUT2D eigenvalue weighted by atomic mass is 28.4. The number of carbonyl (C=O) groups is 1. The Kier molecular flexibility index (Phi) is 5.78. The Bertz CT molecular complexity index is 1180.